The number of anilines is 3. The van der Waals surface area contributed by atoms with E-state index >= 15 is 0 Å². The minimum atomic E-state index is -0.130. The number of aromatic nitrogens is 2. The van der Waals surface area contributed by atoms with Crippen LogP contribution in [0.2, 0.25) is 0 Å². The van der Waals surface area contributed by atoms with Crippen LogP contribution in [0.4, 0.5) is 16.5 Å². The first-order valence-corrected chi connectivity index (χ1v) is 12.0. The van der Waals surface area contributed by atoms with Crippen LogP contribution in [0.1, 0.15) is 0 Å². The van der Waals surface area contributed by atoms with Gasteiger partial charge in [-0.2, -0.15) is 0 Å². The number of nitrogens with zero attached hydrogens (tertiary/aromatic N) is 4. The lowest BCUT2D eigenvalue weighted by Gasteiger charge is -2.25. The van der Waals surface area contributed by atoms with Crippen LogP contribution in [-0.4, -0.2) is 65.5 Å². The van der Waals surface area contributed by atoms with Crippen molar-refractivity contribution in [2.24, 2.45) is 0 Å². The van der Waals surface area contributed by atoms with E-state index < -0.39 is 0 Å². The Morgan fingerprint density at radius 2 is 1.62 bits per heavy atom. The minimum absolute atomic E-state index is 0.0690. The first-order chi connectivity index (χ1) is 15.7. The molecule has 10 heteroatoms. The van der Waals surface area contributed by atoms with Gasteiger partial charge in [-0.05, 0) is 24.3 Å². The molecule has 0 unspecified atom stereocenters. The summed E-state index contributed by atoms with van der Waals surface area (Å²) in [7, 11) is 0. The molecule has 0 saturated carbocycles. The minimum Gasteiger partial charge on any atom is -0.379 e. The number of nitrogens with one attached hydrogen (secondary N) is 1. The smallest absolute Gasteiger partial charge is 0.241 e. The molecule has 0 spiro atoms. The van der Waals surface area contributed by atoms with Crippen LogP contribution >= 0.6 is 23.1 Å². The Morgan fingerprint density at radius 3 is 2.25 bits per heavy atom. The van der Waals surface area contributed by atoms with Crippen molar-refractivity contribution in [3.05, 3.63) is 60.7 Å². The number of carbonyl (C=O) groups is 2. The molecule has 166 valence electrons. The van der Waals surface area contributed by atoms with E-state index in [0.29, 0.717) is 29.2 Å². The van der Waals surface area contributed by atoms with Gasteiger partial charge in [0.15, 0.2) is 4.34 Å². The van der Waals surface area contributed by atoms with Crippen LogP contribution in [0.25, 0.3) is 0 Å². The summed E-state index contributed by atoms with van der Waals surface area (Å²) in [6.45, 7) is 3.07. The van der Waals surface area contributed by atoms with Crippen LogP contribution < -0.4 is 10.2 Å². The Kier molecular flexibility index (Phi) is 7.83. The molecule has 0 atom stereocenters. The zero-order valence-electron chi connectivity index (χ0n) is 17.3. The summed E-state index contributed by atoms with van der Waals surface area (Å²) in [6.07, 6.45) is 0. The second kappa shape index (κ2) is 11.2. The molecule has 1 fully saturated rings. The molecule has 32 heavy (non-hydrogen) atoms. The number of hydrogen-bond acceptors (Lipinski definition) is 8. The van der Waals surface area contributed by atoms with E-state index in [1.165, 1.54) is 23.1 Å². The number of hydrogen-bond donors (Lipinski definition) is 1. The predicted molar refractivity (Wildman–Crippen MR) is 127 cm³/mol. The van der Waals surface area contributed by atoms with Crippen LogP contribution in [0.3, 0.4) is 0 Å². The standard InChI is InChI=1S/C22H23N5O3S2/c28-19(15-26-11-13-30-14-12-26)23-21-24-25-22(32-21)31-16-20(29)27(17-7-3-1-4-8-17)18-9-5-2-6-10-18/h1-10H,11-16H2,(H,23,24,28). The summed E-state index contributed by atoms with van der Waals surface area (Å²) in [4.78, 5) is 29.1. The fourth-order valence-corrected chi connectivity index (χ4v) is 4.84. The number of rotatable bonds is 8. The fourth-order valence-electron chi connectivity index (χ4n) is 3.22. The van der Waals surface area contributed by atoms with E-state index in [1.807, 2.05) is 65.6 Å². The third-order valence-electron chi connectivity index (χ3n) is 4.72. The zero-order valence-corrected chi connectivity index (χ0v) is 19.0. The average Bonchev–Trinajstić information content (AvgIpc) is 3.27. The van der Waals surface area contributed by atoms with Crippen LogP contribution in [0.5, 0.6) is 0 Å². The maximum absolute atomic E-state index is 13.1. The number of carbonyl (C=O) groups excluding carboxylic acids is 2. The molecule has 1 aliphatic heterocycles. The molecule has 3 aromatic rings. The van der Waals surface area contributed by atoms with Gasteiger partial charge < -0.3 is 4.74 Å². The summed E-state index contributed by atoms with van der Waals surface area (Å²) in [5.41, 5.74) is 1.61. The van der Waals surface area contributed by atoms with Gasteiger partial charge in [0.2, 0.25) is 16.9 Å². The zero-order chi connectivity index (χ0) is 22.2. The second-order valence-corrected chi connectivity index (χ2v) is 9.20. The number of thioether (sulfide) groups is 1. The van der Waals surface area contributed by atoms with Crippen LogP contribution in [-0.2, 0) is 14.3 Å². The highest BCUT2D eigenvalue weighted by molar-refractivity contribution is 8.01. The number of morpholine rings is 1. The van der Waals surface area contributed by atoms with Crippen molar-refractivity contribution < 1.29 is 14.3 Å². The molecule has 1 N–H and O–H groups in total. The highest BCUT2D eigenvalue weighted by atomic mass is 32.2. The molecule has 1 aliphatic rings. The van der Waals surface area contributed by atoms with Crippen molar-refractivity contribution >= 4 is 51.4 Å². The normalized spacial score (nSPS) is 14.1. The van der Waals surface area contributed by atoms with Gasteiger partial charge >= 0.3 is 0 Å². The highest BCUT2D eigenvalue weighted by Gasteiger charge is 2.20. The summed E-state index contributed by atoms with van der Waals surface area (Å²) >= 11 is 2.57. The molecule has 2 heterocycles. The topological polar surface area (TPSA) is 87.7 Å². The molecule has 2 amide bonds. The molecule has 8 nitrogen and oxygen atoms in total. The Morgan fingerprint density at radius 1 is 1.00 bits per heavy atom. The van der Waals surface area contributed by atoms with Crippen molar-refractivity contribution in [2.45, 2.75) is 4.34 Å². The van der Waals surface area contributed by atoms with E-state index in [4.69, 9.17) is 4.74 Å². The van der Waals surface area contributed by atoms with Crippen molar-refractivity contribution in [3.8, 4) is 0 Å². The lowest BCUT2D eigenvalue weighted by molar-refractivity contribution is -0.118. The lowest BCUT2D eigenvalue weighted by Crippen LogP contribution is -2.41. The highest BCUT2D eigenvalue weighted by Crippen LogP contribution is 2.29. The fraction of sp³-hybridized carbons (Fsp3) is 0.273. The van der Waals surface area contributed by atoms with E-state index in [0.717, 1.165) is 24.5 Å². The Balaban J connectivity index is 1.35. The van der Waals surface area contributed by atoms with E-state index in [-0.39, 0.29) is 17.6 Å². The average molecular weight is 470 g/mol. The van der Waals surface area contributed by atoms with Gasteiger partial charge in [0.05, 0.1) is 25.5 Å². The maximum atomic E-state index is 13.1. The van der Waals surface area contributed by atoms with E-state index in [9.17, 15) is 9.59 Å². The third kappa shape index (κ3) is 6.13. The molecule has 0 bridgehead atoms. The van der Waals surface area contributed by atoms with Gasteiger partial charge in [0.25, 0.3) is 0 Å². The first kappa shape index (κ1) is 22.4. The second-order valence-electron chi connectivity index (χ2n) is 7.00. The monoisotopic (exact) mass is 469 g/mol. The van der Waals surface area contributed by atoms with Crippen molar-refractivity contribution in [1.82, 2.24) is 15.1 Å². The molecule has 0 aliphatic carbocycles. The van der Waals surface area contributed by atoms with Crippen molar-refractivity contribution in [3.63, 3.8) is 0 Å². The van der Waals surface area contributed by atoms with Crippen molar-refractivity contribution in [1.29, 1.82) is 0 Å². The van der Waals surface area contributed by atoms with Gasteiger partial charge in [0, 0.05) is 24.5 Å². The summed E-state index contributed by atoms with van der Waals surface area (Å²) in [5.74, 6) is -0.00401. The summed E-state index contributed by atoms with van der Waals surface area (Å²) in [5, 5.41) is 11.4. The first-order valence-electron chi connectivity index (χ1n) is 10.2. The van der Waals surface area contributed by atoms with Gasteiger partial charge in [-0.15, -0.1) is 10.2 Å². The Labute approximate surface area is 194 Å². The summed E-state index contributed by atoms with van der Waals surface area (Å²) in [6, 6.07) is 19.1. The number of benzene rings is 2. The van der Waals surface area contributed by atoms with E-state index in [2.05, 4.69) is 15.5 Å². The number of para-hydroxylation sites is 2. The van der Waals surface area contributed by atoms with Crippen LogP contribution in [0, 0.1) is 0 Å². The molecule has 2 aromatic carbocycles. The van der Waals surface area contributed by atoms with Gasteiger partial charge in [0.1, 0.15) is 0 Å². The molecular weight excluding hydrogens is 446 g/mol. The Hall–Kier alpha value is -2.79. The maximum Gasteiger partial charge on any atom is 0.241 e. The van der Waals surface area contributed by atoms with Crippen LogP contribution in [0.15, 0.2) is 65.0 Å². The molecule has 1 aromatic heterocycles. The predicted octanol–water partition coefficient (Wildman–Crippen LogP) is 3.27. The molecule has 1 saturated heterocycles. The SMILES string of the molecule is O=C(CN1CCOCC1)Nc1nnc(SCC(=O)N(c2ccccc2)c2ccccc2)s1. The van der Waals surface area contributed by atoms with Gasteiger partial charge in [-0.3, -0.25) is 24.7 Å². The quantitative estimate of drug-likeness (QED) is 0.400. The third-order valence-corrected chi connectivity index (χ3v) is 6.68. The number of ether oxygens (including phenoxy) is 1. The Bertz CT molecular complexity index is 987. The molecular formula is C22H23N5O3S2. The number of amides is 2. The largest absolute Gasteiger partial charge is 0.379 e. The summed E-state index contributed by atoms with van der Waals surface area (Å²) < 4.78 is 5.92. The van der Waals surface area contributed by atoms with Crippen molar-refractivity contribution in [2.75, 3.05) is 48.8 Å². The van der Waals surface area contributed by atoms with Gasteiger partial charge in [-0.25, -0.2) is 0 Å². The molecule has 4 rings (SSSR count). The molecule has 0 radical (unpaired) electrons. The lowest BCUT2D eigenvalue weighted by atomic mass is 10.2. The van der Waals surface area contributed by atoms with Gasteiger partial charge in [-0.1, -0.05) is 59.5 Å². The van der Waals surface area contributed by atoms with E-state index in [1.54, 1.807) is 4.90 Å².